The fraction of sp³-hybridized carbons (Fsp3) is 0.312. The Bertz CT molecular complexity index is 1430. The number of benzene rings is 3. The SMILES string of the molecule is Cc1ccc(C=C(CNC(=O)OCC2c3ccccc3-c3ccccc32)B2OC(C)(C)C(C)(C)O2)cc1C#N. The van der Waals surface area contributed by atoms with Crippen LogP contribution in [0.2, 0.25) is 0 Å². The Kier molecular flexibility index (Phi) is 7.11. The van der Waals surface area contributed by atoms with Gasteiger partial charge in [-0.15, -0.1) is 0 Å². The standard InChI is InChI=1S/C32H33BN2O4/c1-21-14-15-22(16-23(21)18-34)17-24(33-38-31(2,3)32(4,5)39-33)19-35-30(36)37-20-29-27-12-8-6-10-25(27)26-11-7-9-13-28(26)29/h6-17,29H,19-20H2,1-5H3,(H,35,36). The largest absolute Gasteiger partial charge is 0.492 e. The maximum atomic E-state index is 12.9. The molecule has 0 spiro atoms. The molecule has 3 aromatic carbocycles. The lowest BCUT2D eigenvalue weighted by molar-refractivity contribution is 0.00578. The van der Waals surface area contributed by atoms with Gasteiger partial charge in [0.25, 0.3) is 0 Å². The van der Waals surface area contributed by atoms with E-state index in [1.807, 2.05) is 83.2 Å². The van der Waals surface area contributed by atoms with Crippen molar-refractivity contribution in [2.75, 3.05) is 13.2 Å². The van der Waals surface area contributed by atoms with Gasteiger partial charge in [-0.25, -0.2) is 4.79 Å². The van der Waals surface area contributed by atoms with Crippen molar-refractivity contribution in [3.63, 3.8) is 0 Å². The highest BCUT2D eigenvalue weighted by molar-refractivity contribution is 6.56. The highest BCUT2D eigenvalue weighted by Crippen LogP contribution is 2.44. The molecule has 6 nitrogen and oxygen atoms in total. The van der Waals surface area contributed by atoms with Crippen molar-refractivity contribution in [3.8, 4) is 17.2 Å². The van der Waals surface area contributed by atoms with E-state index in [0.29, 0.717) is 5.56 Å². The molecule has 1 amide bonds. The van der Waals surface area contributed by atoms with Crippen molar-refractivity contribution in [3.05, 3.63) is 100 Å². The van der Waals surface area contributed by atoms with Crippen LogP contribution in [-0.4, -0.2) is 37.6 Å². The van der Waals surface area contributed by atoms with Gasteiger partial charge in [0.05, 0.1) is 22.8 Å². The molecule has 1 aliphatic heterocycles. The highest BCUT2D eigenvalue weighted by Gasteiger charge is 2.52. The van der Waals surface area contributed by atoms with Crippen molar-refractivity contribution in [1.82, 2.24) is 5.32 Å². The summed E-state index contributed by atoms with van der Waals surface area (Å²) < 4.78 is 18.3. The maximum Gasteiger partial charge on any atom is 0.492 e. The minimum atomic E-state index is -0.657. The van der Waals surface area contributed by atoms with E-state index in [1.165, 1.54) is 11.1 Å². The van der Waals surface area contributed by atoms with Gasteiger partial charge in [-0.3, -0.25) is 0 Å². The van der Waals surface area contributed by atoms with Crippen LogP contribution in [0.3, 0.4) is 0 Å². The molecule has 0 unspecified atom stereocenters. The Morgan fingerprint density at radius 3 is 2.18 bits per heavy atom. The Morgan fingerprint density at radius 2 is 1.59 bits per heavy atom. The summed E-state index contributed by atoms with van der Waals surface area (Å²) in [5, 5.41) is 12.4. The molecule has 0 radical (unpaired) electrons. The number of hydrogen-bond donors (Lipinski definition) is 1. The number of nitrogens with zero attached hydrogens (tertiary/aromatic N) is 1. The summed E-state index contributed by atoms with van der Waals surface area (Å²) in [6.07, 6.45) is 1.40. The average Bonchev–Trinajstić information content (AvgIpc) is 3.35. The Labute approximate surface area is 230 Å². The summed E-state index contributed by atoms with van der Waals surface area (Å²) in [5.74, 6) is -0.0155. The predicted octanol–water partition coefficient (Wildman–Crippen LogP) is 6.42. The zero-order valence-electron chi connectivity index (χ0n) is 23.1. The summed E-state index contributed by atoms with van der Waals surface area (Å²) in [5.41, 5.74) is 6.69. The van der Waals surface area contributed by atoms with Gasteiger partial charge in [0, 0.05) is 12.5 Å². The van der Waals surface area contributed by atoms with Crippen LogP contribution in [0.15, 0.2) is 72.2 Å². The lowest BCUT2D eigenvalue weighted by Crippen LogP contribution is -2.41. The number of ether oxygens (including phenoxy) is 1. The first-order valence-corrected chi connectivity index (χ1v) is 13.3. The van der Waals surface area contributed by atoms with E-state index in [-0.39, 0.29) is 19.1 Å². The first-order chi connectivity index (χ1) is 18.6. The summed E-state index contributed by atoms with van der Waals surface area (Å²) in [4.78, 5) is 12.9. The van der Waals surface area contributed by atoms with Crippen molar-refractivity contribution in [2.45, 2.75) is 51.7 Å². The molecule has 0 bridgehead atoms. The zero-order valence-corrected chi connectivity index (χ0v) is 23.1. The second-order valence-corrected chi connectivity index (χ2v) is 11.2. The fourth-order valence-corrected chi connectivity index (χ4v) is 5.08. The summed E-state index contributed by atoms with van der Waals surface area (Å²) in [6.45, 7) is 10.3. The summed E-state index contributed by atoms with van der Waals surface area (Å²) >= 11 is 0. The number of carbonyl (C=O) groups is 1. The first-order valence-electron chi connectivity index (χ1n) is 13.3. The molecule has 5 rings (SSSR count). The van der Waals surface area contributed by atoms with Crippen LogP contribution in [0, 0.1) is 18.3 Å². The predicted molar refractivity (Wildman–Crippen MR) is 153 cm³/mol. The quantitative estimate of drug-likeness (QED) is 0.380. The molecule has 1 heterocycles. The van der Waals surface area contributed by atoms with Crippen LogP contribution in [0.4, 0.5) is 4.79 Å². The van der Waals surface area contributed by atoms with E-state index >= 15 is 0 Å². The third-order valence-corrected chi connectivity index (χ3v) is 8.07. The molecule has 198 valence electrons. The van der Waals surface area contributed by atoms with Gasteiger partial charge >= 0.3 is 13.2 Å². The number of nitrogens with one attached hydrogen (secondary N) is 1. The van der Waals surface area contributed by atoms with E-state index in [1.54, 1.807) is 0 Å². The number of alkyl carbamates (subject to hydrolysis) is 1. The van der Waals surface area contributed by atoms with Crippen molar-refractivity contribution in [2.24, 2.45) is 0 Å². The normalized spacial score (nSPS) is 17.3. The number of aryl methyl sites for hydroxylation is 1. The minimum absolute atomic E-state index is 0.0155. The van der Waals surface area contributed by atoms with Gasteiger partial charge in [-0.05, 0) is 79.5 Å². The molecule has 1 aliphatic carbocycles. The second kappa shape index (κ2) is 10.4. The molecule has 0 saturated carbocycles. The van der Waals surface area contributed by atoms with E-state index < -0.39 is 24.4 Å². The van der Waals surface area contributed by atoms with Crippen LogP contribution >= 0.6 is 0 Å². The monoisotopic (exact) mass is 520 g/mol. The fourth-order valence-electron chi connectivity index (χ4n) is 5.08. The van der Waals surface area contributed by atoms with Crippen LogP contribution in [0.1, 0.15) is 61.4 Å². The molecule has 2 aliphatic rings. The molecule has 7 heteroatoms. The Hall–Kier alpha value is -3.86. The molecule has 1 fully saturated rings. The summed E-state index contributed by atoms with van der Waals surface area (Å²) in [7, 11) is -0.657. The minimum Gasteiger partial charge on any atom is -0.449 e. The van der Waals surface area contributed by atoms with E-state index in [4.69, 9.17) is 14.0 Å². The van der Waals surface area contributed by atoms with Gasteiger partial charge in [-0.1, -0.05) is 66.7 Å². The number of amides is 1. The van der Waals surface area contributed by atoms with Gasteiger partial charge in [-0.2, -0.15) is 5.26 Å². The molecule has 0 aromatic heterocycles. The number of hydrogen-bond acceptors (Lipinski definition) is 5. The van der Waals surface area contributed by atoms with Crippen LogP contribution in [0.25, 0.3) is 17.2 Å². The second-order valence-electron chi connectivity index (χ2n) is 11.2. The van der Waals surface area contributed by atoms with Crippen LogP contribution in [0.5, 0.6) is 0 Å². The lowest BCUT2D eigenvalue weighted by atomic mass is 9.77. The molecule has 39 heavy (non-hydrogen) atoms. The topological polar surface area (TPSA) is 80.6 Å². The molecule has 3 aromatic rings. The zero-order chi connectivity index (χ0) is 27.8. The van der Waals surface area contributed by atoms with Gasteiger partial charge < -0.3 is 19.4 Å². The molecule has 1 N–H and O–H groups in total. The lowest BCUT2D eigenvalue weighted by Gasteiger charge is -2.32. The maximum absolute atomic E-state index is 12.9. The summed E-state index contributed by atoms with van der Waals surface area (Å²) in [6, 6.07) is 24.4. The number of rotatable bonds is 6. The molecule has 1 saturated heterocycles. The number of nitriles is 1. The molecule has 0 atom stereocenters. The van der Waals surface area contributed by atoms with Crippen LogP contribution in [-0.2, 0) is 14.0 Å². The van der Waals surface area contributed by atoms with Gasteiger partial charge in [0.15, 0.2) is 0 Å². The average molecular weight is 520 g/mol. The van der Waals surface area contributed by atoms with E-state index in [0.717, 1.165) is 27.7 Å². The number of fused-ring (bicyclic) bond motifs is 3. The van der Waals surface area contributed by atoms with E-state index in [2.05, 4.69) is 35.7 Å². The molecular formula is C32H33BN2O4. The number of carbonyl (C=O) groups excluding carboxylic acids is 1. The third-order valence-electron chi connectivity index (χ3n) is 8.07. The highest BCUT2D eigenvalue weighted by atomic mass is 16.7. The van der Waals surface area contributed by atoms with Crippen molar-refractivity contribution < 1.29 is 18.8 Å². The van der Waals surface area contributed by atoms with E-state index in [9.17, 15) is 10.1 Å². The first kappa shape index (κ1) is 26.7. The van der Waals surface area contributed by atoms with Gasteiger partial charge in [0.1, 0.15) is 6.61 Å². The Balaban J connectivity index is 1.32. The third kappa shape index (κ3) is 5.23. The molecular weight excluding hydrogens is 487 g/mol. The Morgan fingerprint density at radius 1 is 1.00 bits per heavy atom. The smallest absolute Gasteiger partial charge is 0.449 e. The van der Waals surface area contributed by atoms with Crippen molar-refractivity contribution in [1.29, 1.82) is 5.26 Å². The van der Waals surface area contributed by atoms with Crippen LogP contribution < -0.4 is 5.32 Å². The van der Waals surface area contributed by atoms with Gasteiger partial charge in [0.2, 0.25) is 0 Å². The van der Waals surface area contributed by atoms with Crippen molar-refractivity contribution >= 4 is 19.3 Å².